The first-order valence-electron chi connectivity index (χ1n) is 10.8. The average Bonchev–Trinajstić information content (AvgIpc) is 3.39. The molecule has 0 spiro atoms. The van der Waals surface area contributed by atoms with Crippen LogP contribution in [0, 0.1) is 6.92 Å². The van der Waals surface area contributed by atoms with Crippen LogP contribution in [-0.2, 0) is 19.6 Å². The Bertz CT molecular complexity index is 1470. The van der Waals surface area contributed by atoms with E-state index in [1.54, 1.807) is 49.6 Å². The summed E-state index contributed by atoms with van der Waals surface area (Å²) in [6.45, 7) is 3.16. The number of aryl methyl sites for hydroxylation is 1. The Kier molecular flexibility index (Phi) is 7.06. The summed E-state index contributed by atoms with van der Waals surface area (Å²) in [5.41, 5.74) is 2.02. The van der Waals surface area contributed by atoms with Gasteiger partial charge in [-0.25, -0.2) is 32.9 Å². The maximum atomic E-state index is 12.6. The third-order valence-electron chi connectivity index (χ3n) is 5.00. The molecule has 1 amide bonds. The van der Waals surface area contributed by atoms with Crippen molar-refractivity contribution >= 4 is 33.5 Å². The summed E-state index contributed by atoms with van der Waals surface area (Å²) < 4.78 is 32.7. The van der Waals surface area contributed by atoms with Crippen molar-refractivity contribution in [1.29, 1.82) is 0 Å². The molecule has 0 radical (unpaired) electrons. The number of nitrogens with one attached hydrogen (secondary N) is 3. The molecule has 0 fully saturated rings. The Morgan fingerprint density at radius 2 is 1.69 bits per heavy atom. The third-order valence-corrected chi connectivity index (χ3v) is 6.34. The first-order chi connectivity index (χ1) is 17.2. The molecule has 2 aromatic heterocycles. The zero-order valence-electron chi connectivity index (χ0n) is 19.3. The van der Waals surface area contributed by atoms with E-state index < -0.39 is 28.0 Å². The molecular weight excluding hydrogens is 484 g/mol. The fraction of sp³-hybridized carbons (Fsp3) is 0.125. The molecule has 12 heteroatoms. The molecular formula is C24H22N6O5S. The quantitative estimate of drug-likeness (QED) is 0.308. The summed E-state index contributed by atoms with van der Waals surface area (Å²) in [5.74, 6) is -0.605. The van der Waals surface area contributed by atoms with Crippen molar-refractivity contribution in [1.82, 2.24) is 19.9 Å². The lowest BCUT2D eigenvalue weighted by Crippen LogP contribution is -2.30. The normalized spacial score (nSPS) is 11.9. The summed E-state index contributed by atoms with van der Waals surface area (Å²) in [7, 11) is -3.92. The van der Waals surface area contributed by atoms with Crippen LogP contribution >= 0.6 is 0 Å². The van der Waals surface area contributed by atoms with Crippen LogP contribution in [0.5, 0.6) is 0 Å². The van der Waals surface area contributed by atoms with Crippen molar-refractivity contribution in [2.24, 2.45) is 0 Å². The van der Waals surface area contributed by atoms with Gasteiger partial charge in [-0.3, -0.25) is 4.79 Å². The number of hydrogen-bond donors (Lipinski definition) is 3. The van der Waals surface area contributed by atoms with Crippen molar-refractivity contribution in [3.8, 4) is 11.4 Å². The number of rotatable bonds is 8. The minimum atomic E-state index is -3.92. The topological polar surface area (TPSA) is 156 Å². The van der Waals surface area contributed by atoms with Crippen LogP contribution in [0.4, 0.5) is 11.6 Å². The maximum Gasteiger partial charge on any atom is 0.338 e. The highest BCUT2D eigenvalue weighted by Gasteiger charge is 2.20. The van der Waals surface area contributed by atoms with Crippen molar-refractivity contribution < 1.29 is 22.7 Å². The Hall–Kier alpha value is -4.58. The number of imidazole rings is 1. The molecule has 2 aromatic carbocycles. The van der Waals surface area contributed by atoms with Crippen LogP contribution in [-0.4, -0.2) is 46.3 Å². The van der Waals surface area contributed by atoms with E-state index in [1.165, 1.54) is 37.4 Å². The Labute approximate surface area is 207 Å². The maximum absolute atomic E-state index is 12.6. The number of sulfonamides is 1. The number of benzene rings is 2. The Balaban J connectivity index is 1.34. The summed E-state index contributed by atoms with van der Waals surface area (Å²) in [6, 6.07) is 13.7. The second-order valence-corrected chi connectivity index (χ2v) is 9.39. The first-order valence-corrected chi connectivity index (χ1v) is 12.2. The Morgan fingerprint density at radius 1 is 0.972 bits per heavy atom. The molecule has 11 nitrogen and oxygen atoms in total. The van der Waals surface area contributed by atoms with Crippen molar-refractivity contribution in [2.45, 2.75) is 24.8 Å². The molecule has 3 N–H and O–H groups in total. The fourth-order valence-corrected chi connectivity index (χ4v) is 4.06. The van der Waals surface area contributed by atoms with E-state index in [2.05, 4.69) is 30.0 Å². The van der Waals surface area contributed by atoms with Crippen LogP contribution in [0.15, 0.2) is 78.1 Å². The SMILES string of the molecule is Cc1ccnc(NS(=O)(=O)c2ccc(NC(=O)C(C)OC(=O)c3ccc(-c4ncc[nH]4)cc3)cc2)n1. The average molecular weight is 507 g/mol. The predicted molar refractivity (Wildman–Crippen MR) is 132 cm³/mol. The van der Waals surface area contributed by atoms with Crippen LogP contribution < -0.4 is 10.0 Å². The van der Waals surface area contributed by atoms with E-state index >= 15 is 0 Å². The number of ether oxygens (including phenoxy) is 1. The first kappa shape index (κ1) is 24.5. The standard InChI is InChI=1S/C24H22N6O5S/c1-15-11-12-27-24(28-15)30-36(33,34)20-9-7-19(8-10-20)29-22(31)16(2)35-23(32)18-5-3-17(4-6-18)21-25-13-14-26-21/h3-14,16H,1-2H3,(H,25,26)(H,29,31)(H,27,28,30). The van der Waals surface area contributed by atoms with E-state index in [0.717, 1.165) is 5.56 Å². The number of amides is 1. The zero-order chi connectivity index (χ0) is 25.7. The van der Waals surface area contributed by atoms with Crippen molar-refractivity contribution in [3.63, 3.8) is 0 Å². The molecule has 184 valence electrons. The van der Waals surface area contributed by atoms with E-state index in [4.69, 9.17) is 4.74 Å². The van der Waals surface area contributed by atoms with Gasteiger partial charge < -0.3 is 15.0 Å². The van der Waals surface area contributed by atoms with Crippen LogP contribution in [0.2, 0.25) is 0 Å². The smallest absolute Gasteiger partial charge is 0.338 e. The number of esters is 1. The van der Waals surface area contributed by atoms with Crippen molar-refractivity contribution in [2.75, 3.05) is 10.0 Å². The lowest BCUT2D eigenvalue weighted by Gasteiger charge is -2.14. The van der Waals surface area contributed by atoms with Gasteiger partial charge in [-0.2, -0.15) is 0 Å². The van der Waals surface area contributed by atoms with Gasteiger partial charge >= 0.3 is 5.97 Å². The molecule has 0 aliphatic carbocycles. The predicted octanol–water partition coefficient (Wildman–Crippen LogP) is 3.16. The molecule has 4 aromatic rings. The van der Waals surface area contributed by atoms with Gasteiger partial charge in [0.15, 0.2) is 6.10 Å². The van der Waals surface area contributed by atoms with Gasteiger partial charge in [-0.1, -0.05) is 12.1 Å². The summed E-state index contributed by atoms with van der Waals surface area (Å²) in [4.78, 5) is 39.9. The minimum Gasteiger partial charge on any atom is -0.449 e. The van der Waals surface area contributed by atoms with Crippen molar-refractivity contribution in [3.05, 3.63) is 84.4 Å². The van der Waals surface area contributed by atoms with Gasteiger partial charge in [-0.15, -0.1) is 0 Å². The van der Waals surface area contributed by atoms with Gasteiger partial charge in [0.1, 0.15) is 5.82 Å². The largest absolute Gasteiger partial charge is 0.449 e. The van der Waals surface area contributed by atoms with Gasteiger partial charge in [-0.05, 0) is 56.3 Å². The Morgan fingerprint density at radius 3 is 2.33 bits per heavy atom. The number of aromatic amines is 1. The number of anilines is 2. The summed E-state index contributed by atoms with van der Waals surface area (Å²) >= 11 is 0. The highest BCUT2D eigenvalue weighted by Crippen LogP contribution is 2.18. The molecule has 1 unspecified atom stereocenters. The lowest BCUT2D eigenvalue weighted by atomic mass is 10.1. The van der Waals surface area contributed by atoms with Crippen LogP contribution in [0.1, 0.15) is 23.0 Å². The monoisotopic (exact) mass is 506 g/mol. The van der Waals surface area contributed by atoms with Crippen LogP contribution in [0.3, 0.4) is 0 Å². The van der Waals surface area contributed by atoms with Gasteiger partial charge in [0, 0.05) is 35.5 Å². The molecule has 0 bridgehead atoms. The fourth-order valence-electron chi connectivity index (χ4n) is 3.11. The van der Waals surface area contributed by atoms with E-state index in [-0.39, 0.29) is 16.4 Å². The number of nitrogens with zero attached hydrogens (tertiary/aromatic N) is 3. The van der Waals surface area contributed by atoms with E-state index in [9.17, 15) is 18.0 Å². The second-order valence-electron chi connectivity index (χ2n) is 7.70. The van der Waals surface area contributed by atoms with E-state index in [0.29, 0.717) is 17.2 Å². The number of aromatic nitrogens is 4. The highest BCUT2D eigenvalue weighted by molar-refractivity contribution is 7.92. The van der Waals surface area contributed by atoms with Gasteiger partial charge in [0.05, 0.1) is 10.5 Å². The van der Waals surface area contributed by atoms with Crippen LogP contribution in [0.25, 0.3) is 11.4 Å². The summed E-state index contributed by atoms with van der Waals surface area (Å²) in [6.07, 6.45) is 3.68. The van der Waals surface area contributed by atoms with Gasteiger partial charge in [0.25, 0.3) is 15.9 Å². The molecule has 2 heterocycles. The molecule has 0 saturated carbocycles. The molecule has 4 rings (SSSR count). The van der Waals surface area contributed by atoms with E-state index in [1.807, 2.05) is 0 Å². The lowest BCUT2D eigenvalue weighted by molar-refractivity contribution is -0.123. The number of carbonyl (C=O) groups is 2. The van der Waals surface area contributed by atoms with Gasteiger partial charge in [0.2, 0.25) is 5.95 Å². The molecule has 1 atom stereocenters. The number of carbonyl (C=O) groups excluding carboxylic acids is 2. The molecule has 0 aliphatic heterocycles. The zero-order valence-corrected chi connectivity index (χ0v) is 20.1. The third kappa shape index (κ3) is 5.91. The summed E-state index contributed by atoms with van der Waals surface area (Å²) in [5, 5.41) is 2.59. The second kappa shape index (κ2) is 10.4. The number of H-pyrrole nitrogens is 1. The number of hydrogen-bond acceptors (Lipinski definition) is 8. The minimum absolute atomic E-state index is 0.0388. The molecule has 36 heavy (non-hydrogen) atoms. The molecule has 0 saturated heterocycles. The highest BCUT2D eigenvalue weighted by atomic mass is 32.2. The molecule has 0 aliphatic rings.